The Labute approximate surface area is 186 Å². The summed E-state index contributed by atoms with van der Waals surface area (Å²) in [7, 11) is 19.2. The lowest BCUT2D eigenvalue weighted by Gasteiger charge is -2.63. The van der Waals surface area contributed by atoms with Crippen LogP contribution >= 0.6 is 0 Å². The van der Waals surface area contributed by atoms with Gasteiger partial charge in [-0.2, -0.15) is 4.68 Å². The molecule has 0 aliphatic rings. The molecule has 6 nitrogen and oxygen atoms in total. The molecule has 3 N–H and O–H groups in total. The number of anilines is 1. The lowest BCUT2D eigenvalue weighted by Crippen LogP contribution is -2.72. The number of nitrogens with one attached hydrogen (secondary N) is 1. The van der Waals surface area contributed by atoms with E-state index in [1.807, 2.05) is 0 Å². The lowest BCUT2D eigenvalue weighted by molar-refractivity contribution is 0.220. The summed E-state index contributed by atoms with van der Waals surface area (Å²) in [5.74, 6) is -0.141. The first-order chi connectivity index (χ1) is 13.5. The summed E-state index contributed by atoms with van der Waals surface area (Å²) in [6.07, 6.45) is 1.52. The molecule has 0 atom stereocenters. The van der Waals surface area contributed by atoms with Crippen molar-refractivity contribution in [2.24, 2.45) is 0 Å². The molecule has 0 saturated carbocycles. The summed E-state index contributed by atoms with van der Waals surface area (Å²) in [5.41, 5.74) is 4.97. The topological polar surface area (TPSA) is 82.2 Å². The highest BCUT2D eigenvalue weighted by atomic mass is 19.1. The molecule has 1 aromatic carbocycles. The highest BCUT2D eigenvalue weighted by molar-refractivity contribution is 6.71. The van der Waals surface area contributed by atoms with Gasteiger partial charge in [0.15, 0.2) is 0 Å². The number of hydrogen-bond acceptors (Lipinski definition) is 4. The number of hydrogen-bond donors (Lipinski definition) is 2. The van der Waals surface area contributed by atoms with Gasteiger partial charge >= 0.3 is 6.03 Å². The molecule has 1 aromatic heterocycles. The van der Waals surface area contributed by atoms with Crippen molar-refractivity contribution in [3.05, 3.63) is 36.3 Å². The highest BCUT2D eigenvalue weighted by Crippen LogP contribution is 2.53. The van der Waals surface area contributed by atoms with E-state index in [1.165, 1.54) is 23.0 Å². The van der Waals surface area contributed by atoms with Crippen LogP contribution in [0.5, 0.6) is 11.6 Å². The number of nitrogens with two attached hydrogens (primary N) is 1. The molecule has 30 heavy (non-hydrogen) atoms. The van der Waals surface area contributed by atoms with Crippen LogP contribution in [0.4, 0.5) is 14.9 Å². The SMILES string of the molecule is BC(B)(B)C(NC(=O)n1ccc(Oc2ccc(N)c(F)c2)n1)(C(B)(B)B)C(B)(B)B. The molecule has 0 spiro atoms. The maximum absolute atomic E-state index is 13.6. The zero-order valence-electron chi connectivity index (χ0n) is 19.6. The summed E-state index contributed by atoms with van der Waals surface area (Å²) in [4.78, 5) is 13.2. The van der Waals surface area contributed by atoms with Crippen LogP contribution < -0.4 is 15.8 Å². The monoisotopic (exact) mass is 400 g/mol. The molecule has 2 aromatic rings. The smallest absolute Gasteiger partial charge is 0.342 e. The number of nitrogen functional groups attached to an aromatic ring is 1. The van der Waals surface area contributed by atoms with E-state index >= 15 is 0 Å². The molecule has 16 heteroatoms. The predicted octanol–water partition coefficient (Wildman–Crippen LogP) is -6.39. The Morgan fingerprint density at radius 3 is 2.00 bits per heavy atom. The summed E-state index contributed by atoms with van der Waals surface area (Å²) < 4.78 is 20.4. The second-order valence-electron chi connectivity index (χ2n) is 10.8. The van der Waals surface area contributed by atoms with E-state index in [9.17, 15) is 9.18 Å². The molecule has 1 heterocycles. The Morgan fingerprint density at radius 2 is 1.53 bits per heavy atom. The Balaban J connectivity index is 2.34. The van der Waals surface area contributed by atoms with Gasteiger partial charge in [0.05, 0.1) is 76.3 Å². The maximum atomic E-state index is 13.6. The van der Waals surface area contributed by atoms with Crippen LogP contribution in [0.3, 0.4) is 0 Å². The summed E-state index contributed by atoms with van der Waals surface area (Å²) in [5, 5.41) is 6.78. The highest BCUT2D eigenvalue weighted by Gasteiger charge is 2.56. The molecular weight excluding hydrogens is 372 g/mol. The fourth-order valence-corrected chi connectivity index (χ4v) is 5.32. The number of ether oxygens (including phenoxy) is 1. The summed E-state index contributed by atoms with van der Waals surface area (Å²) in [6.45, 7) is 0. The van der Waals surface area contributed by atoms with Gasteiger partial charge in [-0.05, 0) is 17.7 Å². The van der Waals surface area contributed by atoms with Crippen molar-refractivity contribution in [2.75, 3.05) is 5.73 Å². The minimum absolute atomic E-state index is 0.0372. The zero-order valence-corrected chi connectivity index (χ0v) is 19.6. The van der Waals surface area contributed by atoms with E-state index in [1.54, 1.807) is 12.1 Å². The minimum Gasteiger partial charge on any atom is -0.437 e. The van der Waals surface area contributed by atoms with Gasteiger partial charge in [-0.15, -0.1) is 5.10 Å². The van der Waals surface area contributed by atoms with Gasteiger partial charge < -0.3 is 15.8 Å². The Hall–Kier alpha value is -1.99. The van der Waals surface area contributed by atoms with Gasteiger partial charge in [0.25, 0.3) is 0 Å². The van der Waals surface area contributed by atoms with E-state index in [-0.39, 0.29) is 38.7 Å². The first-order valence-corrected chi connectivity index (χ1v) is 10.1. The molecule has 0 aliphatic carbocycles. The number of halogens is 1. The number of carbonyl (C=O) groups excluding carboxylic acids is 1. The molecule has 0 radical (unpaired) electrons. The van der Waals surface area contributed by atoms with Gasteiger partial charge in [-0.3, -0.25) is 0 Å². The number of benzene rings is 1. The average Bonchev–Trinajstić information content (AvgIpc) is 3.01. The maximum Gasteiger partial charge on any atom is 0.342 e. The van der Waals surface area contributed by atoms with Crippen molar-refractivity contribution in [3.63, 3.8) is 0 Å². The second kappa shape index (κ2) is 7.93. The van der Waals surface area contributed by atoms with E-state index < -0.39 is 11.4 Å². The van der Waals surface area contributed by atoms with Crippen LogP contribution in [0, 0.1) is 5.82 Å². The lowest BCUT2D eigenvalue weighted by atomic mass is 9.12. The van der Waals surface area contributed by atoms with Crippen molar-refractivity contribution in [2.45, 2.75) is 20.9 Å². The largest absolute Gasteiger partial charge is 0.437 e. The van der Waals surface area contributed by atoms with Crippen LogP contribution in [0.2, 0.25) is 15.3 Å². The molecule has 2 rings (SSSR count). The Morgan fingerprint density at radius 1 is 1.00 bits per heavy atom. The zero-order chi connectivity index (χ0) is 23.1. The van der Waals surface area contributed by atoms with E-state index in [2.05, 4.69) is 81.0 Å². The van der Waals surface area contributed by atoms with E-state index in [0.717, 1.165) is 0 Å². The third-order valence-electron chi connectivity index (χ3n) is 5.64. The van der Waals surface area contributed by atoms with Crippen LogP contribution in [0.15, 0.2) is 30.5 Å². The van der Waals surface area contributed by atoms with Gasteiger partial charge in [0.1, 0.15) is 11.6 Å². The fourth-order valence-electron chi connectivity index (χ4n) is 5.32. The van der Waals surface area contributed by atoms with Crippen LogP contribution in [-0.2, 0) is 0 Å². The average molecular weight is 399 g/mol. The first-order valence-electron chi connectivity index (χ1n) is 10.1. The molecule has 1 amide bonds. The normalized spacial score (nSPS) is 13.0. The van der Waals surface area contributed by atoms with E-state index in [4.69, 9.17) is 10.5 Å². The Bertz CT molecular complexity index is 901. The molecule has 0 saturated heterocycles. The number of rotatable bonds is 6. The van der Waals surface area contributed by atoms with Gasteiger partial charge in [0.2, 0.25) is 5.88 Å². The predicted molar refractivity (Wildman–Crippen MR) is 145 cm³/mol. The number of nitrogens with zero attached hydrogens (tertiary/aromatic N) is 2. The Kier molecular flexibility index (Phi) is 6.42. The first kappa shape index (κ1) is 24.3. The molecule has 148 valence electrons. The molecular formula is C14H26B9FN4O2. The van der Waals surface area contributed by atoms with Crippen molar-refractivity contribution in [1.82, 2.24) is 15.1 Å². The summed E-state index contributed by atoms with van der Waals surface area (Å²) in [6, 6.07) is 5.34. The van der Waals surface area contributed by atoms with Crippen molar-refractivity contribution >= 4 is 82.3 Å². The standard InChI is InChI=1S/C14H26B9FN4O2/c15-12(16,17)11(13(18,19)20,14(21,22)23)26-10(29)28-4-3-9(27-28)30-6-1-2-8(25)7(24)5-6/h1-5H,15-23,25H2,(H,26,29). The van der Waals surface area contributed by atoms with Crippen molar-refractivity contribution in [3.8, 4) is 11.6 Å². The second-order valence-corrected chi connectivity index (χ2v) is 10.8. The molecule has 0 aliphatic heterocycles. The third-order valence-corrected chi connectivity index (χ3v) is 5.64. The number of carbonyl (C=O) groups is 1. The third kappa shape index (κ3) is 4.52. The van der Waals surface area contributed by atoms with Crippen LogP contribution in [0.1, 0.15) is 0 Å². The minimum atomic E-state index is -0.574. The molecule has 0 fully saturated rings. The van der Waals surface area contributed by atoms with Gasteiger partial charge in [-0.25, -0.2) is 9.18 Å². The molecule has 0 bridgehead atoms. The molecule has 0 unspecified atom stereocenters. The number of amides is 1. The van der Waals surface area contributed by atoms with Crippen molar-refractivity contribution in [1.29, 1.82) is 0 Å². The van der Waals surface area contributed by atoms with Gasteiger partial charge in [-0.1, -0.05) is 15.3 Å². The van der Waals surface area contributed by atoms with Crippen LogP contribution in [0.25, 0.3) is 0 Å². The number of aromatic nitrogens is 2. The van der Waals surface area contributed by atoms with Gasteiger partial charge in [0, 0.05) is 18.3 Å². The van der Waals surface area contributed by atoms with E-state index in [0.29, 0.717) is 0 Å². The van der Waals surface area contributed by atoms with Crippen molar-refractivity contribution < 1.29 is 13.9 Å². The summed E-state index contributed by atoms with van der Waals surface area (Å²) >= 11 is 0. The van der Waals surface area contributed by atoms with Crippen LogP contribution in [-0.4, -0.2) is 92.0 Å². The quantitative estimate of drug-likeness (QED) is 0.375. The fraction of sp³-hybridized carbons (Fsp3) is 0.286.